The van der Waals surface area contributed by atoms with Crippen molar-refractivity contribution in [2.45, 2.75) is 105 Å². The smallest absolute Gasteiger partial charge is 0.0981 e. The molecule has 3 fully saturated rings. The molecule has 0 unspecified atom stereocenters. The van der Waals surface area contributed by atoms with Gasteiger partial charge in [-0.3, -0.25) is 0 Å². The maximum atomic E-state index is 9.37. The van der Waals surface area contributed by atoms with E-state index in [1.165, 1.54) is 56.9 Å². The summed E-state index contributed by atoms with van der Waals surface area (Å²) in [4.78, 5) is 0. The number of hydrogen-bond donors (Lipinski definition) is 1. The molecule has 4 aliphatic carbocycles. The quantitative estimate of drug-likeness (QED) is 0.342. The first-order valence-electron chi connectivity index (χ1n) is 12.8. The van der Waals surface area contributed by atoms with Crippen molar-refractivity contribution >= 4 is 17.3 Å². The number of fused-ring (bicyclic) bond motifs is 5. The van der Waals surface area contributed by atoms with Crippen molar-refractivity contribution in [3.8, 4) is 0 Å². The summed E-state index contributed by atoms with van der Waals surface area (Å²) in [5, 5.41) is 13.7. The van der Waals surface area contributed by atoms with Gasteiger partial charge in [-0.1, -0.05) is 70.6 Å². The molecule has 0 aliphatic heterocycles. The van der Waals surface area contributed by atoms with E-state index in [0.717, 1.165) is 65.5 Å². The van der Waals surface area contributed by atoms with Crippen LogP contribution in [0.15, 0.2) is 15.8 Å². The molecular weight excluding hydrogens is 390 g/mol. The van der Waals surface area contributed by atoms with E-state index in [-0.39, 0.29) is 5.41 Å². The average molecular weight is 434 g/mol. The highest BCUT2D eigenvalue weighted by atomic mass is 35.5. The van der Waals surface area contributed by atoms with E-state index in [4.69, 9.17) is 11.6 Å². The zero-order valence-electron chi connectivity index (χ0n) is 20.0. The highest BCUT2D eigenvalue weighted by Gasteiger charge is 2.59. The van der Waals surface area contributed by atoms with Gasteiger partial charge in [0.1, 0.15) is 0 Å². The lowest BCUT2D eigenvalue weighted by atomic mass is 9.46. The maximum absolute atomic E-state index is 9.37. The lowest BCUT2D eigenvalue weighted by Crippen LogP contribution is -2.51. The summed E-state index contributed by atoms with van der Waals surface area (Å²) < 4.78 is 0. The standard InChI is InChI=1S/C27H44ClNO/c1-17(2)7-6-8-18(3)20-11-12-21-19-9-10-23-25(28)24(29-30)14-16-27(23,5)22(19)13-15-26(20,21)4/h17-22,30H,6-16H2,1-5H3/t18-,19+,20-,21+,22+,26-,27-/m1/s1. The Morgan fingerprint density at radius 1 is 1.00 bits per heavy atom. The van der Waals surface area contributed by atoms with Gasteiger partial charge in [0, 0.05) is 0 Å². The molecule has 0 aromatic carbocycles. The molecule has 0 spiro atoms. The largest absolute Gasteiger partial charge is 0.411 e. The lowest BCUT2D eigenvalue weighted by Gasteiger charge is -2.59. The molecule has 170 valence electrons. The van der Waals surface area contributed by atoms with Crippen molar-refractivity contribution in [3.05, 3.63) is 10.6 Å². The van der Waals surface area contributed by atoms with Crippen LogP contribution in [0.4, 0.5) is 0 Å². The number of hydrogen-bond acceptors (Lipinski definition) is 2. The Morgan fingerprint density at radius 3 is 2.47 bits per heavy atom. The Kier molecular flexibility index (Phi) is 6.39. The summed E-state index contributed by atoms with van der Waals surface area (Å²) in [6.45, 7) is 12.4. The van der Waals surface area contributed by atoms with Gasteiger partial charge in [-0.05, 0) is 103 Å². The van der Waals surface area contributed by atoms with Crippen LogP contribution >= 0.6 is 11.6 Å². The van der Waals surface area contributed by atoms with Gasteiger partial charge in [0.05, 0.1) is 10.7 Å². The fourth-order valence-electron chi connectivity index (χ4n) is 8.78. The third kappa shape index (κ3) is 3.57. The predicted molar refractivity (Wildman–Crippen MR) is 127 cm³/mol. The molecule has 3 heteroatoms. The molecule has 2 nitrogen and oxygen atoms in total. The van der Waals surface area contributed by atoms with Gasteiger partial charge in [-0.2, -0.15) is 0 Å². The third-order valence-electron chi connectivity index (χ3n) is 10.4. The topological polar surface area (TPSA) is 32.6 Å². The first-order chi connectivity index (χ1) is 14.2. The number of allylic oxidation sites excluding steroid dienone is 2. The molecule has 0 aromatic rings. The van der Waals surface area contributed by atoms with Crippen LogP contribution in [0.1, 0.15) is 105 Å². The van der Waals surface area contributed by atoms with Crippen molar-refractivity contribution in [2.75, 3.05) is 0 Å². The third-order valence-corrected chi connectivity index (χ3v) is 10.8. The summed E-state index contributed by atoms with van der Waals surface area (Å²) in [6, 6.07) is 0. The van der Waals surface area contributed by atoms with Gasteiger partial charge in [-0.25, -0.2) is 0 Å². The van der Waals surface area contributed by atoms with E-state index in [9.17, 15) is 5.21 Å². The van der Waals surface area contributed by atoms with Gasteiger partial charge in [0.25, 0.3) is 0 Å². The van der Waals surface area contributed by atoms with E-state index in [1.54, 1.807) is 0 Å². The van der Waals surface area contributed by atoms with Crippen LogP contribution in [0.5, 0.6) is 0 Å². The zero-order valence-corrected chi connectivity index (χ0v) is 20.8. The minimum Gasteiger partial charge on any atom is -0.411 e. The van der Waals surface area contributed by atoms with E-state index < -0.39 is 0 Å². The van der Waals surface area contributed by atoms with Crippen LogP contribution in [0.25, 0.3) is 0 Å². The molecule has 30 heavy (non-hydrogen) atoms. The minimum atomic E-state index is 0.219. The number of nitrogens with zero attached hydrogens (tertiary/aromatic N) is 1. The Hall–Kier alpha value is -0.500. The molecule has 0 saturated heterocycles. The molecule has 3 saturated carbocycles. The van der Waals surface area contributed by atoms with Crippen molar-refractivity contribution in [1.29, 1.82) is 0 Å². The van der Waals surface area contributed by atoms with Gasteiger partial charge >= 0.3 is 0 Å². The van der Waals surface area contributed by atoms with Crippen molar-refractivity contribution < 1.29 is 5.21 Å². The summed E-state index contributed by atoms with van der Waals surface area (Å²) in [5.74, 6) is 5.16. The van der Waals surface area contributed by atoms with E-state index >= 15 is 0 Å². The van der Waals surface area contributed by atoms with E-state index in [2.05, 4.69) is 39.8 Å². The zero-order chi connectivity index (χ0) is 21.7. The molecule has 4 aliphatic rings. The molecule has 7 atom stereocenters. The Bertz CT molecular complexity index is 712. The Balaban J connectivity index is 1.52. The SMILES string of the molecule is CC(C)CCC[C@@H](C)[C@H]1CC[C@H]2[C@@H]3CCC4=C(Cl)C(=NO)CC[C@]4(C)[C@H]3CC[C@]12C. The molecule has 0 aromatic heterocycles. The fourth-order valence-corrected chi connectivity index (χ4v) is 9.22. The molecule has 4 rings (SSSR count). The summed E-state index contributed by atoms with van der Waals surface area (Å²) in [7, 11) is 0. The van der Waals surface area contributed by atoms with Crippen LogP contribution in [0.2, 0.25) is 0 Å². The second-order valence-electron chi connectivity index (χ2n) is 12.2. The second kappa shape index (κ2) is 8.45. The van der Waals surface area contributed by atoms with Crippen LogP contribution in [-0.4, -0.2) is 10.9 Å². The van der Waals surface area contributed by atoms with Crippen LogP contribution < -0.4 is 0 Å². The average Bonchev–Trinajstić information content (AvgIpc) is 3.05. The van der Waals surface area contributed by atoms with Gasteiger partial charge in [0.2, 0.25) is 0 Å². The van der Waals surface area contributed by atoms with Crippen molar-refractivity contribution in [1.82, 2.24) is 0 Å². The Morgan fingerprint density at radius 2 is 1.77 bits per heavy atom. The normalized spacial score (nSPS) is 43.5. The van der Waals surface area contributed by atoms with Gasteiger partial charge in [0.15, 0.2) is 0 Å². The van der Waals surface area contributed by atoms with Gasteiger partial charge in [-0.15, -0.1) is 0 Å². The predicted octanol–water partition coefficient (Wildman–Crippen LogP) is 8.42. The fraction of sp³-hybridized carbons (Fsp3) is 0.889. The second-order valence-corrected chi connectivity index (χ2v) is 12.6. The highest BCUT2D eigenvalue weighted by Crippen LogP contribution is 2.68. The molecule has 0 amide bonds. The monoisotopic (exact) mass is 433 g/mol. The maximum Gasteiger partial charge on any atom is 0.0981 e. The van der Waals surface area contributed by atoms with E-state index in [0.29, 0.717) is 5.41 Å². The summed E-state index contributed by atoms with van der Waals surface area (Å²) in [6.07, 6.45) is 14.2. The highest BCUT2D eigenvalue weighted by molar-refractivity contribution is 6.44. The number of rotatable bonds is 5. The van der Waals surface area contributed by atoms with E-state index in [1.807, 2.05) is 0 Å². The molecule has 0 radical (unpaired) electrons. The number of halogens is 1. The molecule has 0 bridgehead atoms. The van der Waals surface area contributed by atoms with Crippen molar-refractivity contribution in [3.63, 3.8) is 0 Å². The first kappa shape index (κ1) is 22.7. The molecular formula is C27H44ClNO. The van der Waals surface area contributed by atoms with Crippen LogP contribution in [0, 0.1) is 46.3 Å². The Labute approximate surface area is 189 Å². The summed E-state index contributed by atoms with van der Waals surface area (Å²) in [5.41, 5.74) is 2.90. The van der Waals surface area contributed by atoms with Crippen LogP contribution in [0.3, 0.4) is 0 Å². The van der Waals surface area contributed by atoms with Crippen molar-refractivity contribution in [2.24, 2.45) is 51.5 Å². The number of oxime groups is 1. The summed E-state index contributed by atoms with van der Waals surface area (Å²) >= 11 is 6.74. The molecule has 1 N–H and O–H groups in total. The lowest BCUT2D eigenvalue weighted by molar-refractivity contribution is -0.0575. The van der Waals surface area contributed by atoms with Crippen LogP contribution in [-0.2, 0) is 0 Å². The van der Waals surface area contributed by atoms with Gasteiger partial charge < -0.3 is 5.21 Å². The molecule has 0 heterocycles. The first-order valence-corrected chi connectivity index (χ1v) is 13.2. The minimum absolute atomic E-state index is 0.219.